The first-order chi connectivity index (χ1) is 15.4. The maximum atomic E-state index is 13.7. The largest absolute Gasteiger partial charge is 0.289 e. The number of nitrogens with zero attached hydrogens (tertiary/aromatic N) is 1. The topological polar surface area (TPSA) is 30.0 Å². The van der Waals surface area contributed by atoms with Crippen molar-refractivity contribution in [2.24, 2.45) is 0 Å². The van der Waals surface area contributed by atoms with E-state index in [9.17, 15) is 4.79 Å². The van der Waals surface area contributed by atoms with Gasteiger partial charge < -0.3 is 0 Å². The van der Waals surface area contributed by atoms with E-state index in [1.165, 1.54) is 16.7 Å². The zero-order valence-electron chi connectivity index (χ0n) is 18.9. The minimum absolute atomic E-state index is 0.0286. The maximum absolute atomic E-state index is 13.7. The summed E-state index contributed by atoms with van der Waals surface area (Å²) in [7, 11) is 0. The molecule has 0 atom stereocenters. The van der Waals surface area contributed by atoms with Crippen LogP contribution >= 0.6 is 0 Å². The van der Waals surface area contributed by atoms with Crippen LogP contribution in [0.15, 0.2) is 78.9 Å². The Labute approximate surface area is 188 Å². The molecule has 2 nitrogen and oxygen atoms in total. The molecule has 1 aromatic heterocycles. The lowest BCUT2D eigenvalue weighted by atomic mass is 9.89. The van der Waals surface area contributed by atoms with Crippen molar-refractivity contribution in [3.05, 3.63) is 112 Å². The maximum Gasteiger partial charge on any atom is 0.193 e. The Balaban J connectivity index is 1.88. The second-order valence-corrected chi connectivity index (χ2v) is 8.63. The van der Waals surface area contributed by atoms with Gasteiger partial charge in [0, 0.05) is 27.5 Å². The summed E-state index contributed by atoms with van der Waals surface area (Å²) >= 11 is 0. The average Bonchev–Trinajstić information content (AvgIpc) is 2.80. The third kappa shape index (κ3) is 3.29. The van der Waals surface area contributed by atoms with Crippen molar-refractivity contribution >= 4 is 27.6 Å². The summed E-state index contributed by atoms with van der Waals surface area (Å²) in [6.45, 7) is 8.36. The van der Waals surface area contributed by atoms with Crippen LogP contribution in [-0.2, 0) is 0 Å². The fraction of sp³-hybridized carbons (Fsp3) is 0.133. The SMILES string of the molecule is Cc1ccc(C(=O)c2cccc3nc4ccccc4c(-c4ccc(C)c(C)c4)c23)cc1C. The van der Waals surface area contributed by atoms with E-state index in [2.05, 4.69) is 45.0 Å². The highest BCUT2D eigenvalue weighted by Gasteiger charge is 2.19. The number of carbonyl (C=O) groups is 1. The van der Waals surface area contributed by atoms with E-state index < -0.39 is 0 Å². The lowest BCUT2D eigenvalue weighted by Gasteiger charge is -2.16. The number of hydrogen-bond donors (Lipinski definition) is 0. The van der Waals surface area contributed by atoms with Crippen molar-refractivity contribution < 1.29 is 4.79 Å². The quantitative estimate of drug-likeness (QED) is 0.225. The van der Waals surface area contributed by atoms with E-state index in [1.54, 1.807) is 0 Å². The lowest BCUT2D eigenvalue weighted by Crippen LogP contribution is -2.05. The van der Waals surface area contributed by atoms with E-state index in [0.29, 0.717) is 11.1 Å². The molecule has 0 saturated carbocycles. The molecule has 1 heterocycles. The van der Waals surface area contributed by atoms with Gasteiger partial charge in [0.05, 0.1) is 11.0 Å². The van der Waals surface area contributed by atoms with Crippen molar-refractivity contribution in [2.75, 3.05) is 0 Å². The van der Waals surface area contributed by atoms with Crippen LogP contribution < -0.4 is 0 Å². The molecular weight excluding hydrogens is 390 g/mol. The molecule has 0 unspecified atom stereocenters. The number of pyridine rings is 1. The summed E-state index contributed by atoms with van der Waals surface area (Å²) in [5.41, 5.74) is 10.1. The minimum atomic E-state index is 0.0286. The molecule has 156 valence electrons. The van der Waals surface area contributed by atoms with Crippen LogP contribution in [0, 0.1) is 27.7 Å². The molecule has 0 amide bonds. The number of benzene rings is 4. The van der Waals surface area contributed by atoms with Gasteiger partial charge in [-0.3, -0.25) is 4.79 Å². The van der Waals surface area contributed by atoms with Gasteiger partial charge in [0.2, 0.25) is 0 Å². The lowest BCUT2D eigenvalue weighted by molar-refractivity contribution is 0.104. The van der Waals surface area contributed by atoms with Crippen LogP contribution in [0.4, 0.5) is 0 Å². The zero-order valence-corrected chi connectivity index (χ0v) is 18.9. The third-order valence-corrected chi connectivity index (χ3v) is 6.52. The fourth-order valence-electron chi connectivity index (χ4n) is 4.37. The molecule has 5 rings (SSSR count). The van der Waals surface area contributed by atoms with Crippen LogP contribution in [0.3, 0.4) is 0 Å². The predicted octanol–water partition coefficient (Wildman–Crippen LogP) is 7.52. The summed E-state index contributed by atoms with van der Waals surface area (Å²) in [5, 5.41) is 1.97. The summed E-state index contributed by atoms with van der Waals surface area (Å²) in [6, 6.07) is 26.5. The first kappa shape index (κ1) is 20.1. The Hall–Kier alpha value is -3.78. The monoisotopic (exact) mass is 415 g/mol. The molecule has 0 aliphatic rings. The first-order valence-corrected chi connectivity index (χ1v) is 10.9. The van der Waals surface area contributed by atoms with Gasteiger partial charge >= 0.3 is 0 Å². The summed E-state index contributed by atoms with van der Waals surface area (Å²) in [6.07, 6.45) is 0. The van der Waals surface area contributed by atoms with Gasteiger partial charge in [0.25, 0.3) is 0 Å². The van der Waals surface area contributed by atoms with Crippen molar-refractivity contribution in [3.8, 4) is 11.1 Å². The van der Waals surface area contributed by atoms with Crippen LogP contribution in [0.5, 0.6) is 0 Å². The van der Waals surface area contributed by atoms with Crippen LogP contribution in [-0.4, -0.2) is 10.8 Å². The minimum Gasteiger partial charge on any atom is -0.289 e. The van der Waals surface area contributed by atoms with E-state index in [4.69, 9.17) is 4.98 Å². The molecule has 32 heavy (non-hydrogen) atoms. The molecule has 4 aromatic carbocycles. The molecular formula is C30H25NO. The first-order valence-electron chi connectivity index (χ1n) is 10.9. The Morgan fingerprint density at radius 3 is 2.09 bits per heavy atom. The molecule has 0 fully saturated rings. The molecule has 0 bridgehead atoms. The summed E-state index contributed by atoms with van der Waals surface area (Å²) < 4.78 is 0. The van der Waals surface area contributed by atoms with Crippen LogP contribution in [0.25, 0.3) is 32.9 Å². The highest BCUT2D eigenvalue weighted by molar-refractivity contribution is 6.22. The molecule has 0 aliphatic heterocycles. The normalized spacial score (nSPS) is 11.2. The molecule has 0 N–H and O–H groups in total. The number of aryl methyl sites for hydroxylation is 4. The van der Waals surface area contributed by atoms with Gasteiger partial charge in [-0.2, -0.15) is 0 Å². The Morgan fingerprint density at radius 2 is 1.34 bits per heavy atom. The number of para-hydroxylation sites is 1. The van der Waals surface area contributed by atoms with Gasteiger partial charge in [-0.15, -0.1) is 0 Å². The number of fused-ring (bicyclic) bond motifs is 2. The van der Waals surface area contributed by atoms with Gasteiger partial charge in [0.1, 0.15) is 0 Å². The average molecular weight is 416 g/mol. The summed E-state index contributed by atoms with van der Waals surface area (Å²) in [5.74, 6) is 0.0286. The Bertz CT molecular complexity index is 1530. The molecule has 2 heteroatoms. The van der Waals surface area contributed by atoms with Crippen molar-refractivity contribution in [1.82, 2.24) is 4.98 Å². The van der Waals surface area contributed by atoms with E-state index in [-0.39, 0.29) is 5.78 Å². The van der Waals surface area contributed by atoms with Crippen molar-refractivity contribution in [2.45, 2.75) is 27.7 Å². The molecule has 0 aliphatic carbocycles. The smallest absolute Gasteiger partial charge is 0.193 e. The van der Waals surface area contributed by atoms with E-state index in [1.807, 2.05) is 61.5 Å². The molecule has 0 spiro atoms. The van der Waals surface area contributed by atoms with Gasteiger partial charge in [0.15, 0.2) is 5.78 Å². The number of ketones is 1. The Kier molecular flexibility index (Phi) is 4.86. The number of carbonyl (C=O) groups excluding carboxylic acids is 1. The van der Waals surface area contributed by atoms with E-state index >= 15 is 0 Å². The van der Waals surface area contributed by atoms with Gasteiger partial charge in [-0.25, -0.2) is 4.98 Å². The predicted molar refractivity (Wildman–Crippen MR) is 134 cm³/mol. The number of hydrogen-bond acceptors (Lipinski definition) is 2. The second kappa shape index (κ2) is 7.72. The van der Waals surface area contributed by atoms with Crippen LogP contribution in [0.2, 0.25) is 0 Å². The van der Waals surface area contributed by atoms with Crippen molar-refractivity contribution in [1.29, 1.82) is 0 Å². The zero-order chi connectivity index (χ0) is 22.4. The fourth-order valence-corrected chi connectivity index (χ4v) is 4.37. The third-order valence-electron chi connectivity index (χ3n) is 6.52. The van der Waals surface area contributed by atoms with Crippen LogP contribution in [0.1, 0.15) is 38.2 Å². The van der Waals surface area contributed by atoms with E-state index in [0.717, 1.165) is 38.5 Å². The standard InChI is InChI=1S/C30H25NO/c1-18-12-14-22(16-20(18)3)28-24-8-5-6-10-26(24)31-27-11-7-9-25(29(27)28)30(32)23-15-13-19(2)21(4)17-23/h5-17H,1-4H3. The highest BCUT2D eigenvalue weighted by Crippen LogP contribution is 2.38. The number of rotatable bonds is 3. The van der Waals surface area contributed by atoms with Crippen molar-refractivity contribution in [3.63, 3.8) is 0 Å². The molecule has 0 saturated heterocycles. The highest BCUT2D eigenvalue weighted by atomic mass is 16.1. The van der Waals surface area contributed by atoms with Gasteiger partial charge in [-0.1, -0.05) is 60.7 Å². The Morgan fingerprint density at radius 1 is 0.656 bits per heavy atom. The molecule has 0 radical (unpaired) electrons. The molecule has 5 aromatic rings. The summed E-state index contributed by atoms with van der Waals surface area (Å²) in [4.78, 5) is 18.7. The van der Waals surface area contributed by atoms with Gasteiger partial charge in [-0.05, 0) is 73.7 Å². The second-order valence-electron chi connectivity index (χ2n) is 8.63. The number of aromatic nitrogens is 1.